The van der Waals surface area contributed by atoms with Crippen molar-refractivity contribution in [2.75, 3.05) is 13.7 Å². The van der Waals surface area contributed by atoms with Crippen LogP contribution in [-0.4, -0.2) is 13.7 Å². The topological polar surface area (TPSA) is 35.2 Å². The lowest BCUT2D eigenvalue weighted by atomic mass is 9.88. The van der Waals surface area contributed by atoms with Crippen LogP contribution in [0.2, 0.25) is 0 Å². The van der Waals surface area contributed by atoms with Crippen LogP contribution in [0.5, 0.6) is 5.75 Å². The highest BCUT2D eigenvalue weighted by molar-refractivity contribution is 5.86. The Morgan fingerprint density at radius 3 is 2.54 bits per heavy atom. The lowest BCUT2D eigenvalue weighted by Gasteiger charge is -2.19. The quantitative estimate of drug-likeness (QED) is 0.715. The Morgan fingerprint density at radius 2 is 1.79 bits per heavy atom. The molecule has 0 aliphatic heterocycles. The molecule has 3 aromatic carbocycles. The predicted octanol–water partition coefficient (Wildman–Crippen LogP) is 4.70. The van der Waals surface area contributed by atoms with E-state index in [9.17, 15) is 0 Å². The summed E-state index contributed by atoms with van der Waals surface area (Å²) in [6.45, 7) is 2.80. The molecule has 24 heavy (non-hydrogen) atoms. The molecule has 0 saturated heterocycles. The minimum atomic E-state index is 0.314. The van der Waals surface area contributed by atoms with E-state index in [0.29, 0.717) is 12.5 Å². The van der Waals surface area contributed by atoms with Crippen molar-refractivity contribution in [3.63, 3.8) is 0 Å². The maximum atomic E-state index is 6.15. The van der Waals surface area contributed by atoms with Gasteiger partial charge in [-0.05, 0) is 52.9 Å². The standard InChI is InChI=1S/C22H25NO/c1-3-17-13-16(11-12-22(17)24-2)14-19(15-23)21-10-6-8-18-7-4-5-9-20(18)21/h4-13,19H,3,14-15,23H2,1-2H3. The molecule has 2 heteroatoms. The smallest absolute Gasteiger partial charge is 0.122 e. The summed E-state index contributed by atoms with van der Waals surface area (Å²) < 4.78 is 5.44. The van der Waals surface area contributed by atoms with Gasteiger partial charge in [-0.25, -0.2) is 0 Å². The zero-order valence-corrected chi connectivity index (χ0v) is 14.5. The molecule has 0 heterocycles. The third-order valence-corrected chi connectivity index (χ3v) is 4.76. The van der Waals surface area contributed by atoms with Crippen LogP contribution in [-0.2, 0) is 12.8 Å². The highest BCUT2D eigenvalue weighted by Gasteiger charge is 2.14. The molecule has 2 nitrogen and oxygen atoms in total. The number of hydrogen-bond donors (Lipinski definition) is 1. The predicted molar refractivity (Wildman–Crippen MR) is 102 cm³/mol. The fourth-order valence-electron chi connectivity index (χ4n) is 3.45. The van der Waals surface area contributed by atoms with Gasteiger partial charge in [0.05, 0.1) is 7.11 Å². The first-order valence-electron chi connectivity index (χ1n) is 8.60. The summed E-state index contributed by atoms with van der Waals surface area (Å²) in [7, 11) is 1.73. The highest BCUT2D eigenvalue weighted by atomic mass is 16.5. The van der Waals surface area contributed by atoms with Gasteiger partial charge in [0.15, 0.2) is 0 Å². The van der Waals surface area contributed by atoms with Crippen molar-refractivity contribution in [1.29, 1.82) is 0 Å². The van der Waals surface area contributed by atoms with Crippen molar-refractivity contribution in [3.05, 3.63) is 77.4 Å². The van der Waals surface area contributed by atoms with Crippen LogP contribution in [0.4, 0.5) is 0 Å². The maximum absolute atomic E-state index is 6.15. The van der Waals surface area contributed by atoms with Gasteiger partial charge in [0, 0.05) is 5.92 Å². The van der Waals surface area contributed by atoms with Crippen LogP contribution in [0.1, 0.15) is 29.5 Å². The molecule has 0 spiro atoms. The fraction of sp³-hybridized carbons (Fsp3) is 0.273. The first kappa shape index (κ1) is 16.5. The van der Waals surface area contributed by atoms with Crippen molar-refractivity contribution >= 4 is 10.8 Å². The number of benzene rings is 3. The van der Waals surface area contributed by atoms with Gasteiger partial charge in [0.2, 0.25) is 0 Å². The van der Waals surface area contributed by atoms with Crippen LogP contribution in [0.3, 0.4) is 0 Å². The van der Waals surface area contributed by atoms with Gasteiger partial charge in [-0.3, -0.25) is 0 Å². The Kier molecular flexibility index (Phi) is 5.17. The van der Waals surface area contributed by atoms with E-state index in [1.807, 2.05) is 0 Å². The van der Waals surface area contributed by atoms with Crippen LogP contribution in [0.15, 0.2) is 60.7 Å². The van der Waals surface area contributed by atoms with E-state index in [4.69, 9.17) is 10.5 Å². The minimum absolute atomic E-state index is 0.314. The second-order valence-electron chi connectivity index (χ2n) is 6.20. The molecule has 0 aromatic heterocycles. The summed E-state index contributed by atoms with van der Waals surface area (Å²) in [4.78, 5) is 0. The average Bonchev–Trinajstić information content (AvgIpc) is 2.65. The van der Waals surface area contributed by atoms with Crippen molar-refractivity contribution in [2.45, 2.75) is 25.7 Å². The van der Waals surface area contributed by atoms with Gasteiger partial charge in [-0.15, -0.1) is 0 Å². The van der Waals surface area contributed by atoms with Gasteiger partial charge < -0.3 is 10.5 Å². The molecular formula is C22H25NO. The molecule has 2 N–H and O–H groups in total. The summed E-state index contributed by atoms with van der Waals surface area (Å²) in [6.07, 6.45) is 1.92. The molecule has 0 saturated carbocycles. The molecular weight excluding hydrogens is 294 g/mol. The van der Waals surface area contributed by atoms with Gasteiger partial charge in [0.1, 0.15) is 5.75 Å². The number of fused-ring (bicyclic) bond motifs is 1. The van der Waals surface area contributed by atoms with Crippen molar-refractivity contribution in [3.8, 4) is 5.75 Å². The highest BCUT2D eigenvalue weighted by Crippen LogP contribution is 2.29. The second-order valence-corrected chi connectivity index (χ2v) is 6.20. The molecule has 124 valence electrons. The first-order valence-corrected chi connectivity index (χ1v) is 8.60. The normalized spacial score (nSPS) is 12.3. The molecule has 0 aliphatic rings. The largest absolute Gasteiger partial charge is 0.496 e. The van der Waals surface area contributed by atoms with E-state index >= 15 is 0 Å². The molecule has 1 unspecified atom stereocenters. The third-order valence-electron chi connectivity index (χ3n) is 4.76. The Hall–Kier alpha value is -2.32. The van der Waals surface area contributed by atoms with Crippen LogP contribution in [0, 0.1) is 0 Å². The van der Waals surface area contributed by atoms with Crippen molar-refractivity contribution in [1.82, 2.24) is 0 Å². The fourth-order valence-corrected chi connectivity index (χ4v) is 3.45. The van der Waals surface area contributed by atoms with Crippen LogP contribution >= 0.6 is 0 Å². The SMILES string of the molecule is CCc1cc(CC(CN)c2cccc3ccccc23)ccc1OC. The summed E-state index contributed by atoms with van der Waals surface area (Å²) in [5.41, 5.74) is 10.1. The van der Waals surface area contributed by atoms with Crippen molar-refractivity contribution < 1.29 is 4.74 Å². The third kappa shape index (κ3) is 3.29. The van der Waals surface area contributed by atoms with E-state index < -0.39 is 0 Å². The van der Waals surface area contributed by atoms with Crippen LogP contribution < -0.4 is 10.5 Å². The van der Waals surface area contributed by atoms with E-state index in [2.05, 4.69) is 67.6 Å². The molecule has 0 fully saturated rings. The number of nitrogens with two attached hydrogens (primary N) is 1. The summed E-state index contributed by atoms with van der Waals surface area (Å²) >= 11 is 0. The number of hydrogen-bond acceptors (Lipinski definition) is 2. The maximum Gasteiger partial charge on any atom is 0.122 e. The Bertz CT molecular complexity index is 820. The minimum Gasteiger partial charge on any atom is -0.496 e. The first-order chi connectivity index (χ1) is 11.8. The number of methoxy groups -OCH3 is 1. The molecule has 0 aliphatic carbocycles. The number of ether oxygens (including phenoxy) is 1. The Balaban J connectivity index is 1.95. The molecule has 3 aromatic rings. The van der Waals surface area contributed by atoms with Gasteiger partial charge in [-0.1, -0.05) is 61.5 Å². The summed E-state index contributed by atoms with van der Waals surface area (Å²) in [5, 5.41) is 2.58. The van der Waals surface area contributed by atoms with E-state index in [-0.39, 0.29) is 0 Å². The number of rotatable bonds is 6. The monoisotopic (exact) mass is 319 g/mol. The number of aryl methyl sites for hydroxylation is 1. The van der Waals surface area contributed by atoms with Crippen molar-refractivity contribution in [2.24, 2.45) is 5.73 Å². The molecule has 0 radical (unpaired) electrons. The molecule has 1 atom stereocenters. The van der Waals surface area contributed by atoms with E-state index in [1.54, 1.807) is 7.11 Å². The lowest BCUT2D eigenvalue weighted by molar-refractivity contribution is 0.410. The summed E-state index contributed by atoms with van der Waals surface area (Å²) in [6, 6.07) is 21.5. The van der Waals surface area contributed by atoms with E-state index in [0.717, 1.165) is 18.6 Å². The lowest BCUT2D eigenvalue weighted by Crippen LogP contribution is -2.15. The average molecular weight is 319 g/mol. The van der Waals surface area contributed by atoms with Crippen LogP contribution in [0.25, 0.3) is 10.8 Å². The van der Waals surface area contributed by atoms with Gasteiger partial charge >= 0.3 is 0 Å². The van der Waals surface area contributed by atoms with Gasteiger partial charge in [0.25, 0.3) is 0 Å². The Morgan fingerprint density at radius 1 is 1.00 bits per heavy atom. The molecule has 0 bridgehead atoms. The Labute approximate surface area is 144 Å². The zero-order chi connectivity index (χ0) is 16.9. The molecule has 3 rings (SSSR count). The molecule has 0 amide bonds. The second kappa shape index (κ2) is 7.50. The zero-order valence-electron chi connectivity index (χ0n) is 14.5. The van der Waals surface area contributed by atoms with Gasteiger partial charge in [-0.2, -0.15) is 0 Å². The summed E-state index contributed by atoms with van der Waals surface area (Å²) in [5.74, 6) is 1.28. The van der Waals surface area contributed by atoms with E-state index in [1.165, 1.54) is 27.5 Å².